The molecule has 2 aromatic rings. The zero-order valence-corrected chi connectivity index (χ0v) is 16.9. The lowest BCUT2D eigenvalue weighted by Gasteiger charge is -2.26. The number of rotatable bonds is 6. The lowest BCUT2D eigenvalue weighted by molar-refractivity contribution is 0.0840. The van der Waals surface area contributed by atoms with Crippen molar-refractivity contribution >= 4 is 17.1 Å². The van der Waals surface area contributed by atoms with Gasteiger partial charge in [0.05, 0.1) is 11.4 Å². The van der Waals surface area contributed by atoms with Crippen molar-refractivity contribution in [1.29, 1.82) is 0 Å². The Bertz CT molecular complexity index is 824. The van der Waals surface area contributed by atoms with Gasteiger partial charge in [0.15, 0.2) is 6.17 Å². The highest BCUT2D eigenvalue weighted by Crippen LogP contribution is 2.30. The van der Waals surface area contributed by atoms with E-state index in [2.05, 4.69) is 102 Å². The molecule has 27 heavy (non-hydrogen) atoms. The van der Waals surface area contributed by atoms with Gasteiger partial charge in [0.1, 0.15) is 0 Å². The number of hydrogen-bond donors (Lipinski definition) is 0. The monoisotopic (exact) mass is 363 g/mol. The second-order valence-corrected chi connectivity index (χ2v) is 6.79. The van der Waals surface area contributed by atoms with Gasteiger partial charge in [0, 0.05) is 32.9 Å². The first-order valence-corrected chi connectivity index (χ1v) is 9.55. The first kappa shape index (κ1) is 19.1. The van der Waals surface area contributed by atoms with Crippen LogP contribution in [-0.4, -0.2) is 43.4 Å². The van der Waals surface area contributed by atoms with Gasteiger partial charge in [-0.3, -0.25) is 0 Å². The van der Waals surface area contributed by atoms with Crippen molar-refractivity contribution in [3.05, 3.63) is 65.7 Å². The number of anilines is 1. The Labute approximate surface area is 162 Å². The van der Waals surface area contributed by atoms with Crippen LogP contribution >= 0.6 is 0 Å². The van der Waals surface area contributed by atoms with E-state index < -0.39 is 0 Å². The van der Waals surface area contributed by atoms with Gasteiger partial charge < -0.3 is 9.91 Å². The van der Waals surface area contributed by atoms with Crippen LogP contribution in [0.4, 0.5) is 11.4 Å². The summed E-state index contributed by atoms with van der Waals surface area (Å²) in [5, 5.41) is 13.4. The average molecular weight is 364 g/mol. The van der Waals surface area contributed by atoms with Crippen LogP contribution in [-0.2, 0) is 0 Å². The Morgan fingerprint density at radius 1 is 1.00 bits per heavy atom. The van der Waals surface area contributed by atoms with Crippen molar-refractivity contribution in [2.75, 3.05) is 32.1 Å². The van der Waals surface area contributed by atoms with Gasteiger partial charge in [0.25, 0.3) is 0 Å². The van der Waals surface area contributed by atoms with Crippen molar-refractivity contribution < 1.29 is 0 Å². The third kappa shape index (κ3) is 4.03. The molecular formula is C22H29N5. The van der Waals surface area contributed by atoms with Gasteiger partial charge in [-0.25, -0.2) is 0 Å². The van der Waals surface area contributed by atoms with Crippen molar-refractivity contribution in [2.24, 2.45) is 10.2 Å². The fourth-order valence-corrected chi connectivity index (χ4v) is 3.36. The van der Waals surface area contributed by atoms with E-state index >= 15 is 0 Å². The smallest absolute Gasteiger partial charge is 0.161 e. The molecule has 1 aliphatic heterocycles. The molecule has 0 N–H and O–H groups in total. The molecule has 0 spiro atoms. The van der Waals surface area contributed by atoms with Crippen LogP contribution in [0.25, 0.3) is 5.70 Å². The Hall–Kier alpha value is -2.66. The molecule has 0 amide bonds. The van der Waals surface area contributed by atoms with E-state index in [1.165, 1.54) is 11.3 Å². The highest BCUT2D eigenvalue weighted by atomic mass is 15.7. The molecule has 5 nitrogen and oxygen atoms in total. The molecule has 3 rings (SSSR count). The van der Waals surface area contributed by atoms with E-state index in [-0.39, 0.29) is 6.17 Å². The largest absolute Gasteiger partial charge is 0.372 e. The Morgan fingerprint density at radius 3 is 2.33 bits per heavy atom. The van der Waals surface area contributed by atoms with Crippen LogP contribution in [0.15, 0.2) is 64.8 Å². The van der Waals surface area contributed by atoms with Gasteiger partial charge in [-0.2, -0.15) is 15.2 Å². The number of azo groups is 1. The zero-order chi connectivity index (χ0) is 19.4. The summed E-state index contributed by atoms with van der Waals surface area (Å²) in [7, 11) is 4.09. The molecule has 0 fully saturated rings. The highest BCUT2D eigenvalue weighted by molar-refractivity contribution is 5.65. The summed E-state index contributed by atoms with van der Waals surface area (Å²) >= 11 is 0. The van der Waals surface area contributed by atoms with E-state index in [9.17, 15) is 0 Å². The maximum absolute atomic E-state index is 4.60. The Kier molecular flexibility index (Phi) is 5.91. The summed E-state index contributed by atoms with van der Waals surface area (Å²) in [5.74, 6) is 0. The van der Waals surface area contributed by atoms with Gasteiger partial charge in [-0.15, -0.1) is 0 Å². The van der Waals surface area contributed by atoms with Gasteiger partial charge in [-0.1, -0.05) is 30.3 Å². The molecule has 2 aromatic carbocycles. The minimum Gasteiger partial charge on any atom is -0.372 e. The standard InChI is InChI=1S/C22H29N5/c1-6-27(7-2)19-13-14-20(17(3)15-19)23-24-22-16-21(25(4)26(22)5)18-11-9-8-10-12-18/h8-16,22H,6-7H2,1-5H3. The van der Waals surface area contributed by atoms with Crippen LogP contribution in [0.2, 0.25) is 0 Å². The molecule has 0 aromatic heterocycles. The Balaban J connectivity index is 1.80. The summed E-state index contributed by atoms with van der Waals surface area (Å²) in [5.41, 5.74) is 5.63. The molecule has 0 bridgehead atoms. The minimum atomic E-state index is -0.105. The molecule has 1 atom stereocenters. The molecule has 0 saturated carbocycles. The SMILES string of the molecule is CCN(CC)c1ccc(N=NC2C=C(c3ccccc3)N(C)N2C)c(C)c1. The molecule has 0 saturated heterocycles. The third-order valence-corrected chi connectivity index (χ3v) is 5.17. The quantitative estimate of drug-likeness (QED) is 0.671. The molecule has 142 valence electrons. The number of benzene rings is 2. The topological polar surface area (TPSA) is 34.4 Å². The number of hydrogen-bond acceptors (Lipinski definition) is 5. The number of nitrogens with zero attached hydrogens (tertiary/aromatic N) is 5. The summed E-state index contributed by atoms with van der Waals surface area (Å²) in [6, 6.07) is 16.8. The van der Waals surface area contributed by atoms with E-state index in [4.69, 9.17) is 0 Å². The summed E-state index contributed by atoms with van der Waals surface area (Å²) in [4.78, 5) is 2.34. The third-order valence-electron chi connectivity index (χ3n) is 5.17. The van der Waals surface area contributed by atoms with E-state index in [1.54, 1.807) is 0 Å². The average Bonchev–Trinajstić information content (AvgIpc) is 2.97. The van der Waals surface area contributed by atoms with Gasteiger partial charge >= 0.3 is 0 Å². The molecule has 0 aliphatic carbocycles. The zero-order valence-electron chi connectivity index (χ0n) is 16.9. The highest BCUT2D eigenvalue weighted by Gasteiger charge is 2.27. The second kappa shape index (κ2) is 8.35. The molecule has 5 heteroatoms. The summed E-state index contributed by atoms with van der Waals surface area (Å²) < 4.78 is 0. The molecule has 1 aliphatic rings. The van der Waals surface area contributed by atoms with Crippen molar-refractivity contribution in [1.82, 2.24) is 10.0 Å². The van der Waals surface area contributed by atoms with Crippen LogP contribution in [0.1, 0.15) is 25.0 Å². The predicted octanol–water partition coefficient (Wildman–Crippen LogP) is 5.08. The van der Waals surface area contributed by atoms with E-state index in [0.717, 1.165) is 30.0 Å². The van der Waals surface area contributed by atoms with E-state index in [1.807, 2.05) is 13.1 Å². The maximum Gasteiger partial charge on any atom is 0.161 e. The fraction of sp³-hybridized carbons (Fsp3) is 0.364. The fourth-order valence-electron chi connectivity index (χ4n) is 3.36. The van der Waals surface area contributed by atoms with Gasteiger partial charge in [-0.05, 0) is 56.2 Å². The van der Waals surface area contributed by atoms with Crippen molar-refractivity contribution in [2.45, 2.75) is 26.9 Å². The molecule has 0 radical (unpaired) electrons. The Morgan fingerprint density at radius 2 is 1.70 bits per heavy atom. The number of aryl methyl sites for hydroxylation is 1. The maximum atomic E-state index is 4.60. The van der Waals surface area contributed by atoms with Crippen LogP contribution in [0.3, 0.4) is 0 Å². The summed E-state index contributed by atoms with van der Waals surface area (Å²) in [6.45, 7) is 8.45. The van der Waals surface area contributed by atoms with Crippen molar-refractivity contribution in [3.8, 4) is 0 Å². The normalized spacial score (nSPS) is 17.6. The molecular weight excluding hydrogens is 334 g/mol. The predicted molar refractivity (Wildman–Crippen MR) is 113 cm³/mol. The van der Waals surface area contributed by atoms with Gasteiger partial charge in [0.2, 0.25) is 0 Å². The lowest BCUT2D eigenvalue weighted by atomic mass is 10.1. The molecule has 1 unspecified atom stereocenters. The lowest BCUT2D eigenvalue weighted by Crippen LogP contribution is -2.35. The first-order valence-electron chi connectivity index (χ1n) is 9.55. The van der Waals surface area contributed by atoms with Crippen LogP contribution in [0, 0.1) is 6.92 Å². The van der Waals surface area contributed by atoms with Crippen molar-refractivity contribution in [3.63, 3.8) is 0 Å². The summed E-state index contributed by atoms with van der Waals surface area (Å²) in [6.07, 6.45) is 2.05. The number of hydrazine groups is 1. The van der Waals surface area contributed by atoms with Crippen LogP contribution < -0.4 is 4.90 Å². The van der Waals surface area contributed by atoms with E-state index in [0.29, 0.717) is 0 Å². The van der Waals surface area contributed by atoms with Crippen LogP contribution in [0.5, 0.6) is 0 Å². The number of likely N-dealkylation sites (N-methyl/N-ethyl adjacent to an activating group) is 1. The molecule has 1 heterocycles. The minimum absolute atomic E-state index is 0.105. The first-order chi connectivity index (χ1) is 13.0. The second-order valence-electron chi connectivity index (χ2n) is 6.79.